The number of anilines is 1. The number of alkyl carbamates (subject to hydrolysis) is 1. The van der Waals surface area contributed by atoms with Gasteiger partial charge in [0.25, 0.3) is 0 Å². The Morgan fingerprint density at radius 1 is 0.952 bits per heavy atom. The lowest BCUT2D eigenvalue weighted by molar-refractivity contribution is -0.195. The van der Waals surface area contributed by atoms with Crippen molar-refractivity contribution in [1.29, 1.82) is 0 Å². The number of rotatable bonds is 13. The Bertz CT molecular complexity index is 2280. The Kier molecular flexibility index (Phi) is 13.0. The largest absolute Gasteiger partial charge is 0.465 e. The van der Waals surface area contributed by atoms with Crippen molar-refractivity contribution in [2.24, 2.45) is 5.73 Å². The molecule has 7 rings (SSSR count). The number of esters is 1. The molecule has 0 saturated carbocycles. The molecule has 340 valence electrons. The van der Waals surface area contributed by atoms with Gasteiger partial charge in [0.1, 0.15) is 54.7 Å². The highest BCUT2D eigenvalue weighted by atomic mass is 16.8. The van der Waals surface area contributed by atoms with Crippen LogP contribution in [0.15, 0.2) is 30.6 Å². The molecule has 21 heteroatoms. The van der Waals surface area contributed by atoms with Crippen LogP contribution in [0.3, 0.4) is 0 Å². The zero-order valence-corrected chi connectivity index (χ0v) is 36.5. The van der Waals surface area contributed by atoms with Gasteiger partial charge in [-0.1, -0.05) is 18.1 Å². The van der Waals surface area contributed by atoms with E-state index in [1.807, 2.05) is 19.9 Å². The highest BCUT2D eigenvalue weighted by Crippen LogP contribution is 2.46. The summed E-state index contributed by atoms with van der Waals surface area (Å²) < 4.78 is 50.7. The molecule has 4 aliphatic heterocycles. The van der Waals surface area contributed by atoms with Crippen LogP contribution in [-0.4, -0.2) is 141 Å². The van der Waals surface area contributed by atoms with Crippen LogP contribution in [-0.2, 0) is 47.5 Å². The third kappa shape index (κ3) is 10.5. The number of carbonyl (C=O) groups is 4. The molecule has 0 aliphatic carbocycles. The summed E-state index contributed by atoms with van der Waals surface area (Å²) in [5.41, 5.74) is 12.8. The molecule has 0 spiro atoms. The van der Waals surface area contributed by atoms with Crippen molar-refractivity contribution in [3.05, 3.63) is 47.5 Å². The van der Waals surface area contributed by atoms with E-state index in [1.54, 1.807) is 69.2 Å². The van der Waals surface area contributed by atoms with E-state index in [0.29, 0.717) is 16.8 Å². The van der Waals surface area contributed by atoms with Crippen molar-refractivity contribution in [3.63, 3.8) is 0 Å². The number of nitrogens with one attached hydrogen (secondary N) is 2. The van der Waals surface area contributed by atoms with Crippen LogP contribution in [0.25, 0.3) is 11.2 Å². The van der Waals surface area contributed by atoms with Crippen molar-refractivity contribution in [1.82, 2.24) is 35.1 Å². The van der Waals surface area contributed by atoms with E-state index in [9.17, 15) is 19.2 Å². The predicted molar refractivity (Wildman–Crippen MR) is 221 cm³/mol. The first kappa shape index (κ1) is 45.6. The van der Waals surface area contributed by atoms with Crippen LogP contribution in [0, 0.1) is 11.8 Å². The molecule has 4 saturated heterocycles. The number of aromatic nitrogens is 4. The van der Waals surface area contributed by atoms with Crippen LogP contribution < -0.4 is 22.1 Å². The lowest BCUT2D eigenvalue weighted by Gasteiger charge is -2.27. The standard InChI is InChI=1S/C42H55N9O12/c1-9-56-28(53)20-50(19-25-32-33(61-41(5,6)60-32)30(57-25)22-12-10-13-23(16-22)36(44)54)15-11-14-26-49-29-35(43)47-21-48-37(29)51(26)38-34-31(59-42(7,8)62-34)24(58-38)17-45-27(52)18-46-39(55)63-40(2,3)4/h10,12-13,16,21,24-25,30-34,38H,9,15,17-20H2,1-8H3,(H2,44,54)(H,45,52)(H,46,55)(H2,43,47,48)/t24-,25-,30+,31-,32?,33?,34-,38-/m1/s1. The van der Waals surface area contributed by atoms with Gasteiger partial charge in [0.05, 0.1) is 26.2 Å². The van der Waals surface area contributed by atoms with Crippen molar-refractivity contribution >= 4 is 40.9 Å². The fourth-order valence-electron chi connectivity index (χ4n) is 8.06. The molecular weight excluding hydrogens is 823 g/mol. The second-order valence-corrected chi connectivity index (χ2v) is 17.5. The minimum atomic E-state index is -1.02. The number of carbonyl (C=O) groups excluding carboxylic acids is 4. The van der Waals surface area contributed by atoms with Gasteiger partial charge in [-0.05, 0) is 79.0 Å². The van der Waals surface area contributed by atoms with Crippen molar-refractivity contribution in [2.45, 2.75) is 122 Å². The summed E-state index contributed by atoms with van der Waals surface area (Å²) in [7, 11) is 0. The van der Waals surface area contributed by atoms with E-state index in [-0.39, 0.29) is 56.5 Å². The van der Waals surface area contributed by atoms with Crippen molar-refractivity contribution in [2.75, 3.05) is 45.1 Å². The molecule has 8 atom stereocenters. The number of nitrogens with zero attached hydrogens (tertiary/aromatic N) is 5. The van der Waals surface area contributed by atoms with Crippen molar-refractivity contribution < 1.29 is 57.1 Å². The van der Waals surface area contributed by atoms with Gasteiger partial charge in [-0.3, -0.25) is 23.9 Å². The lowest BCUT2D eigenvalue weighted by atomic mass is 9.99. The van der Waals surface area contributed by atoms with Crippen molar-refractivity contribution in [3.8, 4) is 11.8 Å². The quantitative estimate of drug-likeness (QED) is 0.140. The number of imidazole rings is 1. The fourth-order valence-corrected chi connectivity index (χ4v) is 8.06. The maximum absolute atomic E-state index is 13.0. The molecule has 1 aromatic carbocycles. The Hall–Kier alpha value is -5.47. The number of nitrogens with two attached hydrogens (primary N) is 2. The van der Waals surface area contributed by atoms with Gasteiger partial charge >= 0.3 is 12.1 Å². The number of amides is 3. The number of primary amides is 1. The maximum Gasteiger partial charge on any atom is 0.408 e. The molecule has 0 bridgehead atoms. The number of ether oxygens (including phenoxy) is 8. The highest BCUT2D eigenvalue weighted by Gasteiger charge is 2.57. The van der Waals surface area contributed by atoms with Gasteiger partial charge in [-0.25, -0.2) is 19.7 Å². The molecule has 0 radical (unpaired) electrons. The third-order valence-electron chi connectivity index (χ3n) is 10.4. The SMILES string of the molecule is CCOC(=O)CN(CC#Cc1nc2c(N)ncnc2n1[C@@H]1O[C@H](CNC(=O)CNC(=O)OC(C)(C)C)[C@H]2OC(C)(C)O[C@H]21)C[C@H]1O[C@@H](c2cccc(C(N)=O)c2)C2OC(C)(C)OC21. The van der Waals surface area contributed by atoms with E-state index in [2.05, 4.69) is 32.4 Å². The van der Waals surface area contributed by atoms with Crippen LogP contribution >= 0.6 is 0 Å². The lowest BCUT2D eigenvalue weighted by Crippen LogP contribution is -2.44. The summed E-state index contributed by atoms with van der Waals surface area (Å²) in [5.74, 6) is 3.14. The second-order valence-electron chi connectivity index (χ2n) is 17.5. The van der Waals surface area contributed by atoms with Gasteiger partial charge in [-0.15, -0.1) is 0 Å². The first-order valence-corrected chi connectivity index (χ1v) is 20.7. The smallest absolute Gasteiger partial charge is 0.408 e. The molecular formula is C42H55N9O12. The highest BCUT2D eigenvalue weighted by molar-refractivity contribution is 5.93. The summed E-state index contributed by atoms with van der Waals surface area (Å²) in [6, 6.07) is 6.87. The third-order valence-corrected chi connectivity index (χ3v) is 10.4. The molecule has 6 heterocycles. The second kappa shape index (κ2) is 18.0. The van der Waals surface area contributed by atoms with Gasteiger partial charge in [0, 0.05) is 18.7 Å². The Balaban J connectivity index is 1.13. The van der Waals surface area contributed by atoms with E-state index in [0.717, 1.165) is 0 Å². The van der Waals surface area contributed by atoms with Crippen LogP contribution in [0.4, 0.5) is 10.6 Å². The Morgan fingerprint density at radius 3 is 2.35 bits per heavy atom. The summed E-state index contributed by atoms with van der Waals surface area (Å²) >= 11 is 0. The molecule has 2 unspecified atom stereocenters. The number of benzene rings is 1. The molecule has 4 fully saturated rings. The average molecular weight is 878 g/mol. The molecule has 3 aromatic rings. The number of nitrogen functional groups attached to an aromatic ring is 1. The Labute approximate surface area is 364 Å². The molecule has 63 heavy (non-hydrogen) atoms. The normalized spacial score (nSPS) is 26.7. The molecule has 21 nitrogen and oxygen atoms in total. The van der Waals surface area contributed by atoms with Crippen LogP contribution in [0.5, 0.6) is 0 Å². The molecule has 6 N–H and O–H groups in total. The van der Waals surface area contributed by atoms with E-state index in [1.165, 1.54) is 6.33 Å². The van der Waals surface area contributed by atoms with Gasteiger partial charge in [0.15, 0.2) is 40.6 Å². The number of fused-ring (bicyclic) bond motifs is 3. The van der Waals surface area contributed by atoms with E-state index < -0.39 is 90.0 Å². The van der Waals surface area contributed by atoms with Gasteiger partial charge in [0.2, 0.25) is 11.8 Å². The topological polar surface area (TPSA) is 265 Å². The Morgan fingerprint density at radius 2 is 1.65 bits per heavy atom. The summed E-state index contributed by atoms with van der Waals surface area (Å²) in [6.45, 7) is 14.0. The van der Waals surface area contributed by atoms with Crippen LogP contribution in [0.2, 0.25) is 0 Å². The average Bonchev–Trinajstić information content (AvgIpc) is 3.97. The predicted octanol–water partition coefficient (Wildman–Crippen LogP) is 1.44. The van der Waals surface area contributed by atoms with E-state index in [4.69, 9.17) is 54.3 Å². The fraction of sp³-hybridized carbons (Fsp3) is 0.595. The first-order chi connectivity index (χ1) is 29.7. The summed E-state index contributed by atoms with van der Waals surface area (Å²) in [5, 5.41) is 5.23. The monoisotopic (exact) mass is 877 g/mol. The van der Waals surface area contributed by atoms with Gasteiger partial charge in [-0.2, -0.15) is 0 Å². The zero-order chi connectivity index (χ0) is 45.4. The van der Waals surface area contributed by atoms with E-state index >= 15 is 0 Å². The maximum atomic E-state index is 13.0. The summed E-state index contributed by atoms with van der Waals surface area (Å²) in [6.07, 6.45) is -4.66. The minimum absolute atomic E-state index is 0.00792. The van der Waals surface area contributed by atoms with Crippen LogP contribution in [0.1, 0.15) is 89.5 Å². The number of hydrogen-bond donors (Lipinski definition) is 4. The minimum Gasteiger partial charge on any atom is -0.465 e. The van der Waals surface area contributed by atoms with Gasteiger partial charge < -0.3 is 60.0 Å². The molecule has 2 aromatic heterocycles. The first-order valence-electron chi connectivity index (χ1n) is 20.7. The number of hydrogen-bond acceptors (Lipinski definition) is 17. The summed E-state index contributed by atoms with van der Waals surface area (Å²) in [4.78, 5) is 65.1. The molecule has 4 aliphatic rings. The zero-order valence-electron chi connectivity index (χ0n) is 36.5. The molecule has 3 amide bonds.